The van der Waals surface area contributed by atoms with Gasteiger partial charge in [0.1, 0.15) is 0 Å². The molecule has 1 aliphatic rings. The fraction of sp³-hybridized carbons (Fsp3) is 0.400. The number of ether oxygens (including phenoxy) is 2. The third-order valence-electron chi connectivity index (χ3n) is 2.40. The van der Waals surface area contributed by atoms with Crippen molar-refractivity contribution in [3.63, 3.8) is 0 Å². The maximum atomic E-state index is 11.8. The molecule has 1 fully saturated rings. The van der Waals surface area contributed by atoms with Gasteiger partial charge in [0.15, 0.2) is 11.7 Å². The standard InChI is InChI=1S/C10H10O4S/c1-10(9(12)13-2)8(14-10)7(11)6-4-3-5-15-6/h3-5,8H,1-2H3/t8-,10-/m1/s1. The summed E-state index contributed by atoms with van der Waals surface area (Å²) in [6.07, 6.45) is -0.691. The van der Waals surface area contributed by atoms with Crippen LogP contribution in [0.4, 0.5) is 0 Å². The van der Waals surface area contributed by atoms with Crippen LogP contribution in [0.1, 0.15) is 16.6 Å². The van der Waals surface area contributed by atoms with Crippen molar-refractivity contribution in [3.8, 4) is 0 Å². The first-order valence-electron chi connectivity index (χ1n) is 4.43. The summed E-state index contributed by atoms with van der Waals surface area (Å²) in [6.45, 7) is 1.56. The second-order valence-electron chi connectivity index (χ2n) is 3.44. The Hall–Kier alpha value is -1.20. The van der Waals surface area contributed by atoms with Crippen LogP contribution in [0.25, 0.3) is 0 Å². The van der Waals surface area contributed by atoms with Crippen LogP contribution >= 0.6 is 11.3 Å². The predicted molar refractivity (Wildman–Crippen MR) is 53.9 cm³/mol. The first-order chi connectivity index (χ1) is 7.09. The molecule has 1 aromatic rings. The molecule has 0 bridgehead atoms. The quantitative estimate of drug-likeness (QED) is 0.442. The molecule has 2 rings (SSSR count). The summed E-state index contributed by atoms with van der Waals surface area (Å²) in [5, 5.41) is 1.81. The molecule has 0 aromatic carbocycles. The fourth-order valence-corrected chi connectivity index (χ4v) is 2.10. The number of epoxide rings is 1. The Bertz CT molecular complexity index is 398. The van der Waals surface area contributed by atoms with E-state index in [0.717, 1.165) is 0 Å². The molecule has 80 valence electrons. The highest BCUT2D eigenvalue weighted by atomic mass is 32.1. The number of hydrogen-bond donors (Lipinski definition) is 0. The predicted octanol–water partition coefficient (Wildman–Crippen LogP) is 1.26. The van der Waals surface area contributed by atoms with E-state index in [9.17, 15) is 9.59 Å². The molecular weight excluding hydrogens is 216 g/mol. The molecule has 15 heavy (non-hydrogen) atoms. The van der Waals surface area contributed by atoms with Gasteiger partial charge in [-0.3, -0.25) is 4.79 Å². The molecular formula is C10H10O4S. The average molecular weight is 226 g/mol. The van der Waals surface area contributed by atoms with Gasteiger partial charge >= 0.3 is 5.97 Å². The third-order valence-corrected chi connectivity index (χ3v) is 3.28. The molecule has 1 aromatic heterocycles. The van der Waals surface area contributed by atoms with Crippen molar-refractivity contribution in [3.05, 3.63) is 22.4 Å². The SMILES string of the molecule is COC(=O)[C@]1(C)O[C@@H]1C(=O)c1cccs1. The van der Waals surface area contributed by atoms with Gasteiger partial charge in [-0.05, 0) is 18.4 Å². The van der Waals surface area contributed by atoms with E-state index in [-0.39, 0.29) is 5.78 Å². The molecule has 4 nitrogen and oxygen atoms in total. The minimum atomic E-state index is -1.09. The van der Waals surface area contributed by atoms with Gasteiger partial charge in [-0.25, -0.2) is 4.79 Å². The van der Waals surface area contributed by atoms with Crippen molar-refractivity contribution in [2.75, 3.05) is 7.11 Å². The second kappa shape index (κ2) is 3.43. The molecule has 2 atom stereocenters. The van der Waals surface area contributed by atoms with E-state index in [1.807, 2.05) is 5.38 Å². The lowest BCUT2D eigenvalue weighted by molar-refractivity contribution is -0.146. The molecule has 0 aliphatic carbocycles. The zero-order valence-corrected chi connectivity index (χ0v) is 9.17. The Balaban J connectivity index is 2.11. The normalized spacial score (nSPS) is 28.5. The van der Waals surface area contributed by atoms with Gasteiger partial charge in [-0.15, -0.1) is 11.3 Å². The molecule has 2 heterocycles. The highest BCUT2D eigenvalue weighted by Gasteiger charge is 2.63. The van der Waals surface area contributed by atoms with Crippen molar-refractivity contribution in [2.24, 2.45) is 0 Å². The maximum absolute atomic E-state index is 11.8. The summed E-state index contributed by atoms with van der Waals surface area (Å²) in [5.74, 6) is -0.657. The third kappa shape index (κ3) is 1.57. The summed E-state index contributed by atoms with van der Waals surface area (Å²) >= 11 is 1.34. The number of esters is 1. The molecule has 0 unspecified atom stereocenters. The van der Waals surface area contributed by atoms with E-state index in [1.165, 1.54) is 18.4 Å². The second-order valence-corrected chi connectivity index (χ2v) is 4.39. The van der Waals surface area contributed by atoms with Crippen LogP contribution in [0.2, 0.25) is 0 Å². The van der Waals surface area contributed by atoms with Gasteiger partial charge < -0.3 is 9.47 Å². The lowest BCUT2D eigenvalue weighted by atomic mass is 10.0. The van der Waals surface area contributed by atoms with Crippen LogP contribution < -0.4 is 0 Å². The van der Waals surface area contributed by atoms with E-state index in [2.05, 4.69) is 4.74 Å². The summed E-state index contributed by atoms with van der Waals surface area (Å²) in [7, 11) is 1.28. The number of methoxy groups -OCH3 is 1. The number of carbonyl (C=O) groups excluding carboxylic acids is 2. The summed E-state index contributed by atoms with van der Waals surface area (Å²) in [4.78, 5) is 23.7. The summed E-state index contributed by atoms with van der Waals surface area (Å²) in [5.41, 5.74) is -1.09. The zero-order chi connectivity index (χ0) is 11.1. The maximum Gasteiger partial charge on any atom is 0.341 e. The van der Waals surface area contributed by atoms with Gasteiger partial charge in [0.05, 0.1) is 12.0 Å². The fourth-order valence-electron chi connectivity index (χ4n) is 1.42. The summed E-state index contributed by atoms with van der Waals surface area (Å²) < 4.78 is 9.69. The Morgan fingerprint density at radius 2 is 2.33 bits per heavy atom. The zero-order valence-electron chi connectivity index (χ0n) is 8.35. The Kier molecular flexibility index (Phi) is 2.36. The monoisotopic (exact) mass is 226 g/mol. The number of carbonyl (C=O) groups is 2. The highest BCUT2D eigenvalue weighted by molar-refractivity contribution is 7.12. The van der Waals surface area contributed by atoms with Gasteiger partial charge in [0, 0.05) is 0 Å². The first-order valence-corrected chi connectivity index (χ1v) is 5.31. The van der Waals surface area contributed by atoms with E-state index in [1.54, 1.807) is 19.1 Å². The lowest BCUT2D eigenvalue weighted by Gasteiger charge is -2.01. The van der Waals surface area contributed by atoms with Crippen molar-refractivity contribution in [2.45, 2.75) is 18.6 Å². The Morgan fingerprint density at radius 1 is 1.60 bits per heavy atom. The van der Waals surface area contributed by atoms with Crippen molar-refractivity contribution < 1.29 is 19.1 Å². The molecule has 0 saturated carbocycles. The van der Waals surface area contributed by atoms with Crippen LogP contribution in [-0.4, -0.2) is 30.6 Å². The van der Waals surface area contributed by atoms with E-state index < -0.39 is 17.7 Å². The Labute approximate surface area is 90.8 Å². The number of thiophene rings is 1. The van der Waals surface area contributed by atoms with E-state index >= 15 is 0 Å². The average Bonchev–Trinajstić information content (AvgIpc) is 2.70. The van der Waals surface area contributed by atoms with Crippen LogP contribution in [0.15, 0.2) is 17.5 Å². The number of Topliss-reactive ketones (excluding diaryl/α,β-unsaturated/α-hetero) is 1. The Morgan fingerprint density at radius 3 is 2.87 bits per heavy atom. The molecule has 0 radical (unpaired) electrons. The number of ketones is 1. The minimum absolute atomic E-state index is 0.155. The topological polar surface area (TPSA) is 55.9 Å². The van der Waals surface area contributed by atoms with Crippen LogP contribution in [0, 0.1) is 0 Å². The van der Waals surface area contributed by atoms with Gasteiger partial charge in [-0.2, -0.15) is 0 Å². The molecule has 1 saturated heterocycles. The highest BCUT2D eigenvalue weighted by Crippen LogP contribution is 2.39. The van der Waals surface area contributed by atoms with Gasteiger partial charge in [-0.1, -0.05) is 6.07 Å². The van der Waals surface area contributed by atoms with Crippen LogP contribution in [-0.2, 0) is 14.3 Å². The minimum Gasteiger partial charge on any atom is -0.467 e. The number of hydrogen-bond acceptors (Lipinski definition) is 5. The molecule has 0 amide bonds. The van der Waals surface area contributed by atoms with Crippen LogP contribution in [0.3, 0.4) is 0 Å². The lowest BCUT2D eigenvalue weighted by Crippen LogP contribution is -2.28. The van der Waals surface area contributed by atoms with Crippen molar-refractivity contribution in [1.29, 1.82) is 0 Å². The number of rotatable bonds is 3. The first kappa shape index (κ1) is 10.3. The van der Waals surface area contributed by atoms with Crippen LogP contribution in [0.5, 0.6) is 0 Å². The van der Waals surface area contributed by atoms with Gasteiger partial charge in [0.25, 0.3) is 0 Å². The molecule has 0 spiro atoms. The summed E-state index contributed by atoms with van der Waals surface area (Å²) in [6, 6.07) is 3.50. The molecule has 0 N–H and O–H groups in total. The van der Waals surface area contributed by atoms with E-state index in [4.69, 9.17) is 4.74 Å². The molecule has 5 heteroatoms. The van der Waals surface area contributed by atoms with Crippen molar-refractivity contribution in [1.82, 2.24) is 0 Å². The van der Waals surface area contributed by atoms with Gasteiger partial charge in [0.2, 0.25) is 5.78 Å². The molecule has 1 aliphatic heterocycles. The largest absolute Gasteiger partial charge is 0.467 e. The smallest absolute Gasteiger partial charge is 0.341 e. The van der Waals surface area contributed by atoms with Crippen molar-refractivity contribution >= 4 is 23.1 Å². The van der Waals surface area contributed by atoms with E-state index in [0.29, 0.717) is 4.88 Å².